The number of carbonyl (C=O) groups is 2. The van der Waals surface area contributed by atoms with Crippen LogP contribution in [0.2, 0.25) is 0 Å². The topological polar surface area (TPSA) is 146 Å². The lowest BCUT2D eigenvalue weighted by atomic mass is 9.80. The summed E-state index contributed by atoms with van der Waals surface area (Å²) in [5.41, 5.74) is 1.46. The molecule has 17 heteroatoms. The quantitative estimate of drug-likeness (QED) is 0.151. The van der Waals surface area contributed by atoms with Crippen LogP contribution in [0.25, 0.3) is 0 Å². The number of hydrogen-bond donors (Lipinski definition) is 2. The fourth-order valence-electron chi connectivity index (χ4n) is 5.58. The maximum absolute atomic E-state index is 13.8. The molecular weight excluding hydrogens is 690 g/mol. The Hall–Kier alpha value is -4.64. The number of aliphatic carboxylic acids is 1. The number of anilines is 1. The molecule has 51 heavy (non-hydrogen) atoms. The standard InChI is InChI=1S/C34H38F6N4O7/c1-6-32(41)16-24(28-25(7-8-26(43-28)49-5)44(32)30(47)51-18-31(2,3)29(45)46)27-20(14-23(17-42-27)50-10-9-48-4)11-19-12-21(33(35,36)37)15-22(13-19)34(38,39)40/h7-8,12-15,17,24H,6,9-11,16,18,41H2,1-5H3,(H,45,46)/t24-,32+/m0/s1. The minimum absolute atomic E-state index is 0.0514. The molecule has 3 aromatic rings. The van der Waals surface area contributed by atoms with Gasteiger partial charge in [-0.25, -0.2) is 9.78 Å². The van der Waals surface area contributed by atoms with E-state index in [0.29, 0.717) is 12.1 Å². The van der Waals surface area contributed by atoms with Crippen molar-refractivity contribution < 1.29 is 60.0 Å². The van der Waals surface area contributed by atoms with Gasteiger partial charge in [-0.3, -0.25) is 14.7 Å². The number of rotatable bonds is 12. The van der Waals surface area contributed by atoms with Gasteiger partial charge >= 0.3 is 24.4 Å². The predicted octanol–water partition coefficient (Wildman–Crippen LogP) is 6.79. The van der Waals surface area contributed by atoms with Crippen molar-refractivity contribution in [3.8, 4) is 11.6 Å². The van der Waals surface area contributed by atoms with Crippen molar-refractivity contribution >= 4 is 17.7 Å². The predicted molar refractivity (Wildman–Crippen MR) is 171 cm³/mol. The highest BCUT2D eigenvalue weighted by Crippen LogP contribution is 2.47. The summed E-state index contributed by atoms with van der Waals surface area (Å²) in [5.74, 6) is -1.79. The zero-order chi connectivity index (χ0) is 37.9. The van der Waals surface area contributed by atoms with Crippen molar-refractivity contribution in [1.29, 1.82) is 0 Å². The van der Waals surface area contributed by atoms with Gasteiger partial charge in [0, 0.05) is 19.1 Å². The monoisotopic (exact) mass is 728 g/mol. The second-order valence-electron chi connectivity index (χ2n) is 12.7. The van der Waals surface area contributed by atoms with Gasteiger partial charge in [0.15, 0.2) is 0 Å². The Labute approximate surface area is 289 Å². The second-order valence-corrected chi connectivity index (χ2v) is 12.7. The first-order valence-corrected chi connectivity index (χ1v) is 15.7. The molecule has 0 bridgehead atoms. The molecule has 1 aliphatic rings. The number of carboxylic acid groups (broad SMARTS) is 1. The Bertz CT molecular complexity index is 1720. The molecule has 1 amide bonds. The lowest BCUT2D eigenvalue weighted by Gasteiger charge is -2.46. The largest absolute Gasteiger partial charge is 0.490 e. The van der Waals surface area contributed by atoms with Gasteiger partial charge < -0.3 is 29.8 Å². The summed E-state index contributed by atoms with van der Waals surface area (Å²) < 4.78 is 104. The van der Waals surface area contributed by atoms with Crippen LogP contribution in [0.1, 0.15) is 73.2 Å². The average Bonchev–Trinajstić information content (AvgIpc) is 3.06. The third-order valence-corrected chi connectivity index (χ3v) is 8.49. The maximum atomic E-state index is 13.8. The third kappa shape index (κ3) is 8.81. The number of amides is 1. The molecule has 3 heterocycles. The summed E-state index contributed by atoms with van der Waals surface area (Å²) in [4.78, 5) is 35.6. The molecule has 2 aromatic heterocycles. The zero-order valence-corrected chi connectivity index (χ0v) is 28.4. The molecule has 0 radical (unpaired) electrons. The van der Waals surface area contributed by atoms with E-state index < -0.39 is 65.6 Å². The first kappa shape index (κ1) is 39.2. The number of halogens is 6. The third-order valence-electron chi connectivity index (χ3n) is 8.49. The molecule has 3 N–H and O–H groups in total. The minimum Gasteiger partial charge on any atom is -0.490 e. The molecule has 278 valence electrons. The highest BCUT2D eigenvalue weighted by Gasteiger charge is 2.48. The number of carboxylic acids is 1. The van der Waals surface area contributed by atoms with Crippen LogP contribution in [-0.2, 0) is 33.0 Å². The van der Waals surface area contributed by atoms with Crippen molar-refractivity contribution in [2.75, 3.05) is 38.9 Å². The van der Waals surface area contributed by atoms with E-state index in [0.717, 1.165) is 4.90 Å². The van der Waals surface area contributed by atoms with E-state index >= 15 is 0 Å². The fourth-order valence-corrected chi connectivity index (χ4v) is 5.58. The van der Waals surface area contributed by atoms with Gasteiger partial charge in [0.05, 0.1) is 53.5 Å². The number of alkyl halides is 6. The lowest BCUT2D eigenvalue weighted by molar-refractivity contribution is -0.149. The van der Waals surface area contributed by atoms with E-state index in [1.165, 1.54) is 52.5 Å². The van der Waals surface area contributed by atoms with Crippen LogP contribution in [0.15, 0.2) is 42.6 Å². The SMILES string of the molecule is CC[C@]1(N)C[C@@H](c2ncc(OCCOC)cc2Cc2cc(C(F)(F)F)cc(C(F)(F)F)c2)c2nc(OC)ccc2N1C(=O)OCC(C)(C)C(=O)O. The molecule has 4 rings (SSSR count). The molecule has 1 aromatic carbocycles. The molecule has 0 aliphatic carbocycles. The Kier molecular flexibility index (Phi) is 11.4. The van der Waals surface area contributed by atoms with Gasteiger partial charge in [0.2, 0.25) is 5.88 Å². The smallest absolute Gasteiger partial charge is 0.416 e. The Balaban J connectivity index is 1.90. The van der Waals surface area contributed by atoms with Gasteiger partial charge in [-0.1, -0.05) is 6.92 Å². The van der Waals surface area contributed by atoms with E-state index in [1.807, 2.05) is 0 Å². The summed E-state index contributed by atoms with van der Waals surface area (Å²) in [7, 11) is 2.80. The first-order chi connectivity index (χ1) is 23.7. The van der Waals surface area contributed by atoms with Crippen molar-refractivity contribution in [2.45, 2.75) is 64.0 Å². The Morgan fingerprint density at radius 1 is 1.00 bits per heavy atom. The number of fused-ring (bicyclic) bond motifs is 1. The van der Waals surface area contributed by atoms with Crippen LogP contribution >= 0.6 is 0 Å². The molecule has 0 unspecified atom stereocenters. The normalized spacial score (nSPS) is 17.9. The van der Waals surface area contributed by atoms with E-state index in [1.54, 1.807) is 6.92 Å². The van der Waals surface area contributed by atoms with Crippen molar-refractivity contribution in [3.05, 3.63) is 76.2 Å². The first-order valence-electron chi connectivity index (χ1n) is 15.7. The lowest BCUT2D eigenvalue weighted by Crippen LogP contribution is -2.62. The molecule has 0 fully saturated rings. The number of aromatic nitrogens is 2. The van der Waals surface area contributed by atoms with Crippen molar-refractivity contribution in [2.24, 2.45) is 11.1 Å². The van der Waals surface area contributed by atoms with Crippen LogP contribution in [0.3, 0.4) is 0 Å². The summed E-state index contributed by atoms with van der Waals surface area (Å²) in [6.07, 6.45) is -10.1. The molecule has 0 spiro atoms. The summed E-state index contributed by atoms with van der Waals surface area (Å²) >= 11 is 0. The Morgan fingerprint density at radius 3 is 2.20 bits per heavy atom. The van der Waals surface area contributed by atoms with Gasteiger partial charge in [-0.2, -0.15) is 26.3 Å². The number of methoxy groups -OCH3 is 2. The average molecular weight is 729 g/mol. The maximum Gasteiger partial charge on any atom is 0.416 e. The van der Waals surface area contributed by atoms with Crippen LogP contribution in [0.4, 0.5) is 36.8 Å². The van der Waals surface area contributed by atoms with Gasteiger partial charge in [-0.15, -0.1) is 0 Å². The van der Waals surface area contributed by atoms with Crippen LogP contribution < -0.4 is 20.1 Å². The molecule has 0 saturated carbocycles. The molecule has 2 atom stereocenters. The highest BCUT2D eigenvalue weighted by molar-refractivity contribution is 5.91. The van der Waals surface area contributed by atoms with Gasteiger partial charge in [0.1, 0.15) is 24.6 Å². The second kappa shape index (κ2) is 14.9. The summed E-state index contributed by atoms with van der Waals surface area (Å²) in [6.45, 7) is 4.21. The van der Waals surface area contributed by atoms with Gasteiger partial charge in [0.25, 0.3) is 0 Å². The zero-order valence-electron chi connectivity index (χ0n) is 28.4. The highest BCUT2D eigenvalue weighted by atomic mass is 19.4. The number of ether oxygens (including phenoxy) is 4. The van der Waals surface area contributed by atoms with Gasteiger partial charge in [-0.05, 0) is 74.6 Å². The number of benzene rings is 1. The summed E-state index contributed by atoms with van der Waals surface area (Å²) in [5, 5.41) is 9.52. The molecular formula is C34H38F6N4O7. The van der Waals surface area contributed by atoms with E-state index in [2.05, 4.69) is 9.97 Å². The van der Waals surface area contributed by atoms with E-state index in [4.69, 9.17) is 24.7 Å². The number of nitrogens with two attached hydrogens (primary N) is 1. The van der Waals surface area contributed by atoms with E-state index in [-0.39, 0.29) is 72.0 Å². The number of carbonyl (C=O) groups excluding carboxylic acids is 1. The summed E-state index contributed by atoms with van der Waals surface area (Å²) in [6, 6.07) is 5.76. The number of nitrogens with zero attached hydrogens (tertiary/aromatic N) is 3. The van der Waals surface area contributed by atoms with Crippen LogP contribution in [0, 0.1) is 5.41 Å². The van der Waals surface area contributed by atoms with E-state index in [9.17, 15) is 41.0 Å². The fraction of sp³-hybridized carbons (Fsp3) is 0.471. The number of pyridine rings is 2. The van der Waals surface area contributed by atoms with Crippen molar-refractivity contribution in [1.82, 2.24) is 9.97 Å². The van der Waals surface area contributed by atoms with Crippen molar-refractivity contribution in [3.63, 3.8) is 0 Å². The van der Waals surface area contributed by atoms with Crippen LogP contribution in [0.5, 0.6) is 11.6 Å². The molecule has 11 nitrogen and oxygen atoms in total. The molecule has 0 saturated heterocycles. The Morgan fingerprint density at radius 2 is 1.65 bits per heavy atom. The minimum atomic E-state index is -5.07. The molecule has 1 aliphatic heterocycles. The van der Waals surface area contributed by atoms with Crippen LogP contribution in [-0.4, -0.2) is 66.8 Å². The number of hydrogen-bond acceptors (Lipinski definition) is 9.